The summed E-state index contributed by atoms with van der Waals surface area (Å²) in [6.45, 7) is 4.25. The van der Waals surface area contributed by atoms with Crippen molar-refractivity contribution in [3.8, 4) is 0 Å². The lowest BCUT2D eigenvalue weighted by molar-refractivity contribution is 0.676. The summed E-state index contributed by atoms with van der Waals surface area (Å²) in [7, 11) is -1.18. The number of fused-ring (bicyclic) bond motifs is 2. The number of para-hydroxylation sites is 3. The van der Waals surface area contributed by atoms with Gasteiger partial charge in [0, 0.05) is 18.8 Å². The van der Waals surface area contributed by atoms with Crippen molar-refractivity contribution in [3.63, 3.8) is 0 Å². The Kier molecular flexibility index (Phi) is 4.10. The summed E-state index contributed by atoms with van der Waals surface area (Å²) >= 11 is 0. The van der Waals surface area contributed by atoms with Gasteiger partial charge in [0.1, 0.15) is 0 Å². The number of aromatic amines is 1. The van der Waals surface area contributed by atoms with E-state index in [4.69, 9.17) is 0 Å². The molecule has 0 saturated heterocycles. The average molecular weight is 339 g/mol. The lowest BCUT2D eigenvalue weighted by Crippen LogP contribution is -2.30. The van der Waals surface area contributed by atoms with Crippen molar-refractivity contribution in [2.24, 2.45) is 0 Å². The zero-order chi connectivity index (χ0) is 16.5. The third-order valence-electron chi connectivity index (χ3n) is 4.65. The normalized spacial score (nSPS) is 15.5. The number of nitrogens with zero attached hydrogens (tertiary/aromatic N) is 2. The molecular formula is C19H21N3OS. The minimum absolute atomic E-state index is 0.499. The molecule has 0 bridgehead atoms. The molecule has 2 aromatic carbocycles. The van der Waals surface area contributed by atoms with E-state index < -0.39 is 10.8 Å². The highest BCUT2D eigenvalue weighted by Gasteiger charge is 2.21. The molecule has 1 aliphatic heterocycles. The van der Waals surface area contributed by atoms with E-state index in [2.05, 4.69) is 40.0 Å². The highest BCUT2D eigenvalue weighted by Crippen LogP contribution is 2.32. The number of hydrogen-bond acceptors (Lipinski definition) is 3. The topological polar surface area (TPSA) is 49.0 Å². The minimum Gasteiger partial charge on any atom is -0.371 e. The maximum Gasteiger partial charge on any atom is 0.197 e. The van der Waals surface area contributed by atoms with E-state index in [0.717, 1.165) is 36.1 Å². The van der Waals surface area contributed by atoms with Gasteiger partial charge in [-0.2, -0.15) is 0 Å². The van der Waals surface area contributed by atoms with E-state index >= 15 is 0 Å². The van der Waals surface area contributed by atoms with Gasteiger partial charge in [-0.05, 0) is 43.0 Å². The number of benzene rings is 2. The molecule has 4 nitrogen and oxygen atoms in total. The smallest absolute Gasteiger partial charge is 0.197 e. The van der Waals surface area contributed by atoms with Crippen LogP contribution in [0.1, 0.15) is 24.5 Å². The van der Waals surface area contributed by atoms with Crippen LogP contribution >= 0.6 is 0 Å². The molecule has 0 fully saturated rings. The van der Waals surface area contributed by atoms with E-state index in [-0.39, 0.29) is 0 Å². The third-order valence-corrected chi connectivity index (χ3v) is 5.84. The van der Waals surface area contributed by atoms with Crippen molar-refractivity contribution in [2.45, 2.75) is 30.7 Å². The second kappa shape index (κ2) is 6.40. The standard InChI is InChI=1S/C19H21N3OS/c1-2-22-12-6-9-14-7-5-8-15(18(14)22)13-24(23)19-20-16-10-3-4-11-17(16)21-19/h3-5,7-8,10-11H,2,6,9,12-13H2,1H3,(H,20,21). The SMILES string of the molecule is CCN1CCCc2cccc(CS(=O)c3nc4ccccc4[nH]3)c21. The highest BCUT2D eigenvalue weighted by molar-refractivity contribution is 7.84. The summed E-state index contributed by atoms with van der Waals surface area (Å²) in [6.07, 6.45) is 2.30. The van der Waals surface area contributed by atoms with E-state index in [1.165, 1.54) is 17.7 Å². The van der Waals surface area contributed by atoms with Crippen LogP contribution in [0.3, 0.4) is 0 Å². The van der Waals surface area contributed by atoms with Gasteiger partial charge in [-0.25, -0.2) is 4.98 Å². The predicted molar refractivity (Wildman–Crippen MR) is 98.9 cm³/mol. The van der Waals surface area contributed by atoms with Gasteiger partial charge in [0.25, 0.3) is 0 Å². The Bertz CT molecular complexity index is 870. The summed E-state index contributed by atoms with van der Waals surface area (Å²) in [5.74, 6) is 0.499. The second-order valence-electron chi connectivity index (χ2n) is 6.16. The molecule has 1 aliphatic rings. The predicted octanol–water partition coefficient (Wildman–Crippen LogP) is 3.64. The maximum atomic E-state index is 12.9. The van der Waals surface area contributed by atoms with Crippen LogP contribution < -0.4 is 4.90 Å². The van der Waals surface area contributed by atoms with Gasteiger partial charge in [-0.3, -0.25) is 4.21 Å². The molecule has 5 heteroatoms. The van der Waals surface area contributed by atoms with Gasteiger partial charge in [-0.1, -0.05) is 30.3 Å². The number of aromatic nitrogens is 2. The number of imidazole rings is 1. The Morgan fingerprint density at radius 1 is 1.21 bits per heavy atom. The number of H-pyrrole nitrogens is 1. The van der Waals surface area contributed by atoms with Crippen LogP contribution in [0.5, 0.6) is 0 Å². The van der Waals surface area contributed by atoms with Crippen LogP contribution in [0.4, 0.5) is 5.69 Å². The fraction of sp³-hybridized carbons (Fsp3) is 0.316. The molecule has 0 amide bonds. The Hall–Kier alpha value is -2.14. The number of rotatable bonds is 4. The summed E-state index contributed by atoms with van der Waals surface area (Å²) in [6, 6.07) is 14.2. The molecule has 3 aromatic rings. The van der Waals surface area contributed by atoms with Crippen LogP contribution in [0.25, 0.3) is 11.0 Å². The molecule has 1 unspecified atom stereocenters. The first-order valence-electron chi connectivity index (χ1n) is 8.45. The van der Waals surface area contributed by atoms with Gasteiger partial charge in [0.15, 0.2) is 5.16 Å². The third kappa shape index (κ3) is 2.73. The summed E-state index contributed by atoms with van der Waals surface area (Å²) in [5, 5.41) is 0.563. The first kappa shape index (κ1) is 15.4. The number of anilines is 1. The number of hydrogen-bond donors (Lipinski definition) is 1. The molecule has 124 valence electrons. The van der Waals surface area contributed by atoms with E-state index in [1.807, 2.05) is 24.3 Å². The van der Waals surface area contributed by atoms with Crippen molar-refractivity contribution in [2.75, 3.05) is 18.0 Å². The van der Waals surface area contributed by atoms with Crippen LogP contribution in [0.15, 0.2) is 47.6 Å². The zero-order valence-electron chi connectivity index (χ0n) is 13.8. The quantitative estimate of drug-likeness (QED) is 0.789. The Morgan fingerprint density at radius 3 is 2.92 bits per heavy atom. The first-order chi connectivity index (χ1) is 11.8. The minimum atomic E-state index is -1.18. The lowest BCUT2D eigenvalue weighted by Gasteiger charge is -2.32. The van der Waals surface area contributed by atoms with Crippen molar-refractivity contribution in [1.82, 2.24) is 9.97 Å². The second-order valence-corrected chi connectivity index (χ2v) is 7.52. The Morgan fingerprint density at radius 2 is 2.08 bits per heavy atom. The molecule has 0 saturated carbocycles. The van der Waals surface area contributed by atoms with Crippen LogP contribution in [0, 0.1) is 0 Å². The Balaban J connectivity index is 1.66. The van der Waals surface area contributed by atoms with Gasteiger partial charge in [-0.15, -0.1) is 0 Å². The molecule has 0 radical (unpaired) electrons. The fourth-order valence-electron chi connectivity index (χ4n) is 3.50. The molecule has 1 atom stereocenters. The van der Waals surface area contributed by atoms with E-state index in [1.54, 1.807) is 0 Å². The van der Waals surface area contributed by atoms with Gasteiger partial charge < -0.3 is 9.88 Å². The van der Waals surface area contributed by atoms with Gasteiger partial charge in [0.2, 0.25) is 0 Å². The number of aryl methyl sites for hydroxylation is 1. The van der Waals surface area contributed by atoms with Crippen molar-refractivity contribution in [3.05, 3.63) is 53.6 Å². The molecule has 0 spiro atoms. The fourth-order valence-corrected chi connectivity index (χ4v) is 4.58. The molecule has 24 heavy (non-hydrogen) atoms. The Labute approximate surface area is 144 Å². The monoisotopic (exact) mass is 339 g/mol. The van der Waals surface area contributed by atoms with Gasteiger partial charge in [0.05, 0.1) is 27.6 Å². The summed E-state index contributed by atoms with van der Waals surface area (Å²) < 4.78 is 12.9. The molecule has 4 rings (SSSR count). The first-order valence-corrected chi connectivity index (χ1v) is 9.77. The molecule has 2 heterocycles. The van der Waals surface area contributed by atoms with Crippen molar-refractivity contribution in [1.29, 1.82) is 0 Å². The summed E-state index contributed by atoms with van der Waals surface area (Å²) in [5.41, 5.74) is 5.63. The van der Waals surface area contributed by atoms with Crippen LogP contribution in [0.2, 0.25) is 0 Å². The zero-order valence-corrected chi connectivity index (χ0v) is 14.6. The van der Waals surface area contributed by atoms with Gasteiger partial charge >= 0.3 is 0 Å². The molecular weight excluding hydrogens is 318 g/mol. The van der Waals surface area contributed by atoms with Crippen LogP contribution in [-0.2, 0) is 23.0 Å². The molecule has 0 aliphatic carbocycles. The molecule has 1 N–H and O–H groups in total. The van der Waals surface area contributed by atoms with Crippen LogP contribution in [-0.4, -0.2) is 27.3 Å². The summed E-state index contributed by atoms with van der Waals surface area (Å²) in [4.78, 5) is 10.1. The maximum absolute atomic E-state index is 12.9. The van der Waals surface area contributed by atoms with E-state index in [9.17, 15) is 4.21 Å². The lowest BCUT2D eigenvalue weighted by atomic mass is 9.98. The highest BCUT2D eigenvalue weighted by atomic mass is 32.2. The van der Waals surface area contributed by atoms with Crippen molar-refractivity contribution >= 4 is 27.5 Å². The van der Waals surface area contributed by atoms with E-state index in [0.29, 0.717) is 10.9 Å². The number of nitrogens with one attached hydrogen (secondary N) is 1. The average Bonchev–Trinajstić information content (AvgIpc) is 3.05. The van der Waals surface area contributed by atoms with Crippen molar-refractivity contribution < 1.29 is 4.21 Å². The largest absolute Gasteiger partial charge is 0.371 e. The molecule has 1 aromatic heterocycles.